The Labute approximate surface area is 142 Å². The summed E-state index contributed by atoms with van der Waals surface area (Å²) < 4.78 is 2.08. The molecule has 0 amide bonds. The van der Waals surface area contributed by atoms with Crippen LogP contribution in [0.25, 0.3) is 20.2 Å². The minimum atomic E-state index is 0.0592. The van der Waals surface area contributed by atoms with E-state index in [4.69, 9.17) is 0 Å². The molecule has 0 saturated carbocycles. The van der Waals surface area contributed by atoms with Crippen LogP contribution in [0.1, 0.15) is 20.7 Å². The van der Waals surface area contributed by atoms with E-state index < -0.39 is 0 Å². The summed E-state index contributed by atoms with van der Waals surface area (Å²) in [4.78, 5) is 23.9. The van der Waals surface area contributed by atoms with Crippen molar-refractivity contribution in [1.29, 1.82) is 0 Å². The molecule has 0 bridgehead atoms. The first-order chi connectivity index (χ1) is 10.2. The van der Waals surface area contributed by atoms with Crippen LogP contribution in [0.5, 0.6) is 0 Å². The predicted octanol–water partition coefficient (Wildman–Crippen LogP) is 5.21. The van der Waals surface area contributed by atoms with Crippen molar-refractivity contribution in [2.75, 3.05) is 10.7 Å². The third-order valence-corrected chi connectivity index (χ3v) is 5.60. The Kier molecular flexibility index (Phi) is 4.24. The van der Waals surface area contributed by atoms with Crippen LogP contribution in [0.3, 0.4) is 0 Å². The second kappa shape index (κ2) is 5.99. The highest BCUT2D eigenvalue weighted by molar-refractivity contribution is 9.09. The summed E-state index contributed by atoms with van der Waals surface area (Å²) in [6.45, 7) is 0. The second-order valence-corrected chi connectivity index (χ2v) is 6.78. The zero-order valence-electron chi connectivity index (χ0n) is 10.9. The van der Waals surface area contributed by atoms with Gasteiger partial charge in [0.25, 0.3) is 0 Å². The molecule has 0 unspecified atom stereocenters. The Bertz CT molecular complexity index is 867. The maximum absolute atomic E-state index is 12.0. The fourth-order valence-corrected chi connectivity index (χ4v) is 4.18. The predicted molar refractivity (Wildman–Crippen MR) is 95.6 cm³/mol. The monoisotopic (exact) mass is 424 g/mol. The van der Waals surface area contributed by atoms with E-state index >= 15 is 0 Å². The Morgan fingerprint density at radius 3 is 2.43 bits per heavy atom. The molecule has 0 saturated heterocycles. The number of carbonyl (C=O) groups is 2. The number of thiophene rings is 1. The van der Waals surface area contributed by atoms with Gasteiger partial charge in [0.1, 0.15) is 0 Å². The summed E-state index contributed by atoms with van der Waals surface area (Å²) >= 11 is 8.02. The van der Waals surface area contributed by atoms with Crippen LogP contribution < -0.4 is 0 Å². The van der Waals surface area contributed by atoms with Crippen LogP contribution in [0.15, 0.2) is 36.4 Å². The van der Waals surface area contributed by atoms with Crippen molar-refractivity contribution in [1.82, 2.24) is 0 Å². The van der Waals surface area contributed by atoms with Gasteiger partial charge in [0.15, 0.2) is 11.6 Å². The summed E-state index contributed by atoms with van der Waals surface area (Å²) in [5.41, 5.74) is 1.43. The Morgan fingerprint density at radius 1 is 0.952 bits per heavy atom. The van der Waals surface area contributed by atoms with Crippen molar-refractivity contribution in [3.8, 4) is 0 Å². The minimum Gasteiger partial charge on any atom is -0.293 e. The van der Waals surface area contributed by atoms with Crippen LogP contribution >= 0.6 is 43.2 Å². The van der Waals surface area contributed by atoms with E-state index in [1.807, 2.05) is 36.4 Å². The number of fused-ring (bicyclic) bond motifs is 3. The number of hydrogen-bond acceptors (Lipinski definition) is 3. The molecule has 5 heteroatoms. The van der Waals surface area contributed by atoms with Crippen molar-refractivity contribution >= 4 is 74.9 Å². The number of carbonyl (C=O) groups excluding carboxylic acids is 2. The second-order valence-electron chi connectivity index (χ2n) is 4.61. The first kappa shape index (κ1) is 14.9. The summed E-state index contributed by atoms with van der Waals surface area (Å²) in [5, 5.41) is 2.69. The minimum absolute atomic E-state index is 0.0592. The van der Waals surface area contributed by atoms with Gasteiger partial charge in [-0.2, -0.15) is 0 Å². The number of Topliss-reactive ketones (excluding diaryl/α,β-unsaturated/α-hetero) is 2. The van der Waals surface area contributed by atoms with Gasteiger partial charge in [0.05, 0.1) is 10.7 Å². The summed E-state index contributed by atoms with van der Waals surface area (Å²) in [7, 11) is 0. The van der Waals surface area contributed by atoms with Gasteiger partial charge in [0, 0.05) is 31.3 Å². The molecule has 3 aromatic rings. The normalized spacial score (nSPS) is 11.1. The third kappa shape index (κ3) is 2.58. The number of hydrogen-bond donors (Lipinski definition) is 0. The van der Waals surface area contributed by atoms with Crippen LogP contribution in [0, 0.1) is 0 Å². The molecule has 0 aliphatic heterocycles. The van der Waals surface area contributed by atoms with Crippen molar-refractivity contribution in [2.45, 2.75) is 0 Å². The quantitative estimate of drug-likeness (QED) is 0.424. The molecule has 21 heavy (non-hydrogen) atoms. The number of ketones is 2. The van der Waals surface area contributed by atoms with E-state index in [1.54, 1.807) is 11.3 Å². The fourth-order valence-electron chi connectivity index (χ4n) is 2.34. The maximum Gasteiger partial charge on any atom is 0.174 e. The molecular weight excluding hydrogens is 416 g/mol. The number of benzene rings is 2. The summed E-state index contributed by atoms with van der Waals surface area (Å²) in [5.74, 6) is 0.132. The molecule has 0 aliphatic rings. The first-order valence-electron chi connectivity index (χ1n) is 6.29. The molecule has 0 aliphatic carbocycles. The van der Waals surface area contributed by atoms with Crippen LogP contribution in [-0.2, 0) is 0 Å². The SMILES string of the molecule is O=C(CBr)c1ccc2sc3c(C(=O)CBr)cccc3c2c1. The van der Waals surface area contributed by atoms with Crippen molar-refractivity contribution in [3.05, 3.63) is 47.5 Å². The zero-order chi connectivity index (χ0) is 15.0. The van der Waals surface area contributed by atoms with Gasteiger partial charge in [-0.3, -0.25) is 9.59 Å². The van der Waals surface area contributed by atoms with Crippen molar-refractivity contribution in [2.24, 2.45) is 0 Å². The van der Waals surface area contributed by atoms with Gasteiger partial charge in [-0.15, -0.1) is 11.3 Å². The fraction of sp³-hybridized carbons (Fsp3) is 0.125. The topological polar surface area (TPSA) is 34.1 Å². The van der Waals surface area contributed by atoms with Crippen molar-refractivity contribution in [3.63, 3.8) is 0 Å². The molecule has 1 aromatic heterocycles. The van der Waals surface area contributed by atoms with E-state index in [0.717, 1.165) is 25.7 Å². The first-order valence-corrected chi connectivity index (χ1v) is 9.35. The molecule has 1 heterocycles. The highest BCUT2D eigenvalue weighted by Gasteiger charge is 2.14. The molecule has 0 spiro atoms. The van der Waals surface area contributed by atoms with Gasteiger partial charge in [-0.1, -0.05) is 44.0 Å². The smallest absolute Gasteiger partial charge is 0.174 e. The highest BCUT2D eigenvalue weighted by atomic mass is 79.9. The average Bonchev–Trinajstić information content (AvgIpc) is 2.91. The average molecular weight is 426 g/mol. The van der Waals surface area contributed by atoms with Crippen molar-refractivity contribution < 1.29 is 9.59 Å². The number of rotatable bonds is 4. The Balaban J connectivity index is 2.31. The molecule has 0 fully saturated rings. The van der Waals surface area contributed by atoms with Crippen LogP contribution in [0.4, 0.5) is 0 Å². The Morgan fingerprint density at radius 2 is 1.71 bits per heavy atom. The van der Waals surface area contributed by atoms with Gasteiger partial charge < -0.3 is 0 Å². The lowest BCUT2D eigenvalue weighted by Gasteiger charge is -2.00. The van der Waals surface area contributed by atoms with Gasteiger partial charge in [-0.25, -0.2) is 0 Å². The number of halogens is 2. The molecule has 106 valence electrons. The Hall–Kier alpha value is -1.04. The standard InChI is InChI=1S/C16H10Br2O2S/c17-7-13(19)9-4-5-15-12(6-9)10-2-1-3-11(14(20)8-18)16(10)21-15/h1-6H,7-8H2. The van der Waals surface area contributed by atoms with Gasteiger partial charge >= 0.3 is 0 Å². The molecule has 0 radical (unpaired) electrons. The van der Waals surface area contributed by atoms with E-state index in [-0.39, 0.29) is 11.6 Å². The lowest BCUT2D eigenvalue weighted by molar-refractivity contribution is 0.101. The van der Waals surface area contributed by atoms with Crippen LogP contribution in [-0.4, -0.2) is 22.2 Å². The molecule has 2 aromatic carbocycles. The molecule has 0 N–H and O–H groups in total. The van der Waals surface area contributed by atoms with Gasteiger partial charge in [0.2, 0.25) is 0 Å². The third-order valence-electron chi connectivity index (χ3n) is 3.36. The van der Waals surface area contributed by atoms with Crippen LogP contribution in [0.2, 0.25) is 0 Å². The van der Waals surface area contributed by atoms with E-state index in [1.165, 1.54) is 0 Å². The number of alkyl halides is 2. The maximum atomic E-state index is 12.0. The van der Waals surface area contributed by atoms with E-state index in [0.29, 0.717) is 16.2 Å². The summed E-state index contributed by atoms with van der Waals surface area (Å²) in [6, 6.07) is 11.5. The van der Waals surface area contributed by atoms with E-state index in [2.05, 4.69) is 31.9 Å². The molecule has 0 atom stereocenters. The lowest BCUT2D eigenvalue weighted by atomic mass is 10.0. The molecule has 2 nitrogen and oxygen atoms in total. The van der Waals surface area contributed by atoms with Gasteiger partial charge in [-0.05, 0) is 24.3 Å². The molecule has 3 rings (SSSR count). The largest absolute Gasteiger partial charge is 0.293 e. The molecular formula is C16H10Br2O2S. The van der Waals surface area contributed by atoms with E-state index in [9.17, 15) is 9.59 Å². The zero-order valence-corrected chi connectivity index (χ0v) is 14.8. The lowest BCUT2D eigenvalue weighted by Crippen LogP contribution is -1.99. The highest BCUT2D eigenvalue weighted by Crippen LogP contribution is 2.36. The summed E-state index contributed by atoms with van der Waals surface area (Å²) in [6.07, 6.45) is 0.